The largest absolute Gasteiger partial charge is 0.379 e. The minimum absolute atomic E-state index is 0.0162. The molecule has 1 unspecified atom stereocenters. The Hall–Kier alpha value is -1.88. The molecule has 132 valence electrons. The number of carbonyl (C=O) groups is 2. The Balaban J connectivity index is 1.81. The molecule has 5 nitrogen and oxygen atoms in total. The lowest BCUT2D eigenvalue weighted by Gasteiger charge is -2.17. The molecular formula is C19H28N2O3. The van der Waals surface area contributed by atoms with Gasteiger partial charge in [-0.3, -0.25) is 9.59 Å². The maximum atomic E-state index is 12.2. The molecule has 2 amide bonds. The van der Waals surface area contributed by atoms with Crippen LogP contribution in [0.25, 0.3) is 0 Å². The summed E-state index contributed by atoms with van der Waals surface area (Å²) in [6, 6.07) is 7.98. The monoisotopic (exact) mass is 332 g/mol. The van der Waals surface area contributed by atoms with Crippen LogP contribution in [0.5, 0.6) is 0 Å². The van der Waals surface area contributed by atoms with Crippen molar-refractivity contribution in [3.8, 4) is 0 Å². The van der Waals surface area contributed by atoms with Gasteiger partial charge >= 0.3 is 0 Å². The molecule has 0 spiro atoms. The van der Waals surface area contributed by atoms with Gasteiger partial charge in [0.1, 0.15) is 0 Å². The number of rotatable bonds is 8. The molecule has 1 fully saturated rings. The van der Waals surface area contributed by atoms with Crippen molar-refractivity contribution in [3.05, 3.63) is 29.8 Å². The summed E-state index contributed by atoms with van der Waals surface area (Å²) >= 11 is 0. The molecule has 1 aromatic rings. The van der Waals surface area contributed by atoms with Crippen molar-refractivity contribution < 1.29 is 14.3 Å². The van der Waals surface area contributed by atoms with Crippen LogP contribution < -0.4 is 10.2 Å². The van der Waals surface area contributed by atoms with Crippen LogP contribution >= 0.6 is 0 Å². The summed E-state index contributed by atoms with van der Waals surface area (Å²) in [7, 11) is 0. The first-order valence-electron chi connectivity index (χ1n) is 8.80. The lowest BCUT2D eigenvalue weighted by molar-refractivity contribution is -0.126. The summed E-state index contributed by atoms with van der Waals surface area (Å²) in [5, 5.41) is 2.91. The van der Waals surface area contributed by atoms with Crippen molar-refractivity contribution >= 4 is 17.5 Å². The smallest absolute Gasteiger partial charge is 0.227 e. The van der Waals surface area contributed by atoms with Crippen molar-refractivity contribution in [1.82, 2.24) is 5.32 Å². The van der Waals surface area contributed by atoms with Crippen LogP contribution in [0.4, 0.5) is 5.69 Å². The fourth-order valence-corrected chi connectivity index (χ4v) is 2.79. The Kier molecular flexibility index (Phi) is 6.79. The number of anilines is 1. The van der Waals surface area contributed by atoms with Gasteiger partial charge in [0.25, 0.3) is 0 Å². The minimum atomic E-state index is -0.269. The molecule has 5 heteroatoms. The summed E-state index contributed by atoms with van der Waals surface area (Å²) in [6.45, 7) is 7.76. The highest BCUT2D eigenvalue weighted by Crippen LogP contribution is 2.25. The van der Waals surface area contributed by atoms with E-state index in [-0.39, 0.29) is 30.3 Å². The average molecular weight is 332 g/mol. The SMILES string of the molecule is CCc1ccc(N2CC(C(=O)NCCCOC(C)C)CC2=O)cc1. The van der Waals surface area contributed by atoms with Crippen LogP contribution in [0.1, 0.15) is 39.2 Å². The number of amides is 2. The van der Waals surface area contributed by atoms with Gasteiger partial charge in [-0.1, -0.05) is 19.1 Å². The van der Waals surface area contributed by atoms with Crippen LogP contribution in [0.3, 0.4) is 0 Å². The van der Waals surface area contributed by atoms with E-state index in [1.807, 2.05) is 38.1 Å². The second-order valence-electron chi connectivity index (χ2n) is 6.49. The van der Waals surface area contributed by atoms with Gasteiger partial charge in [0, 0.05) is 31.8 Å². The van der Waals surface area contributed by atoms with Gasteiger partial charge in [0.05, 0.1) is 12.0 Å². The second kappa shape index (κ2) is 8.83. The van der Waals surface area contributed by atoms with E-state index in [0.717, 1.165) is 18.5 Å². The number of nitrogens with zero attached hydrogens (tertiary/aromatic N) is 1. The van der Waals surface area contributed by atoms with E-state index in [1.165, 1.54) is 5.56 Å². The van der Waals surface area contributed by atoms with Crippen LogP contribution in [-0.2, 0) is 20.7 Å². The molecule has 0 aromatic heterocycles. The third-order valence-corrected chi connectivity index (χ3v) is 4.22. The molecule has 0 bridgehead atoms. The van der Waals surface area contributed by atoms with Crippen molar-refractivity contribution in [2.75, 3.05) is 24.6 Å². The molecular weight excluding hydrogens is 304 g/mol. The first kappa shape index (κ1) is 18.5. The average Bonchev–Trinajstić information content (AvgIpc) is 2.96. The molecule has 1 aliphatic heterocycles. The van der Waals surface area contributed by atoms with Gasteiger partial charge in [-0.15, -0.1) is 0 Å². The van der Waals surface area contributed by atoms with E-state index < -0.39 is 0 Å². The Labute approximate surface area is 144 Å². The second-order valence-corrected chi connectivity index (χ2v) is 6.49. The van der Waals surface area contributed by atoms with E-state index >= 15 is 0 Å². The normalized spacial score (nSPS) is 17.6. The van der Waals surface area contributed by atoms with Gasteiger partial charge in [-0.25, -0.2) is 0 Å². The standard InChI is InChI=1S/C19H28N2O3/c1-4-15-6-8-17(9-7-15)21-13-16(12-18(21)22)19(23)20-10-5-11-24-14(2)3/h6-9,14,16H,4-5,10-13H2,1-3H3,(H,20,23). The quantitative estimate of drug-likeness (QED) is 0.744. The maximum absolute atomic E-state index is 12.2. The molecule has 1 N–H and O–H groups in total. The lowest BCUT2D eigenvalue weighted by atomic mass is 10.1. The van der Waals surface area contributed by atoms with Gasteiger partial charge < -0.3 is 15.0 Å². The third kappa shape index (κ3) is 5.06. The van der Waals surface area contributed by atoms with E-state index in [9.17, 15) is 9.59 Å². The maximum Gasteiger partial charge on any atom is 0.227 e. The highest BCUT2D eigenvalue weighted by molar-refractivity contribution is 6.00. The van der Waals surface area contributed by atoms with E-state index in [4.69, 9.17) is 4.74 Å². The molecule has 1 aromatic carbocycles. The molecule has 1 aliphatic rings. The summed E-state index contributed by atoms with van der Waals surface area (Å²) < 4.78 is 5.45. The molecule has 2 rings (SSSR count). The van der Waals surface area contributed by atoms with E-state index in [0.29, 0.717) is 19.7 Å². The molecule has 1 atom stereocenters. The summed E-state index contributed by atoms with van der Waals surface area (Å²) in [5.74, 6) is -0.294. The van der Waals surface area contributed by atoms with Crippen LogP contribution in [0, 0.1) is 5.92 Å². The molecule has 1 heterocycles. The Morgan fingerprint density at radius 1 is 1.33 bits per heavy atom. The highest BCUT2D eigenvalue weighted by Gasteiger charge is 2.34. The highest BCUT2D eigenvalue weighted by atomic mass is 16.5. The zero-order chi connectivity index (χ0) is 17.5. The van der Waals surface area contributed by atoms with Crippen molar-refractivity contribution in [1.29, 1.82) is 0 Å². The van der Waals surface area contributed by atoms with Gasteiger partial charge in [-0.2, -0.15) is 0 Å². The molecule has 0 saturated carbocycles. The number of ether oxygens (including phenoxy) is 1. The van der Waals surface area contributed by atoms with E-state index in [1.54, 1.807) is 4.90 Å². The fraction of sp³-hybridized carbons (Fsp3) is 0.579. The van der Waals surface area contributed by atoms with Crippen molar-refractivity contribution in [2.24, 2.45) is 5.92 Å². The third-order valence-electron chi connectivity index (χ3n) is 4.22. The summed E-state index contributed by atoms with van der Waals surface area (Å²) in [6.07, 6.45) is 2.25. The van der Waals surface area contributed by atoms with Crippen LogP contribution in [0.2, 0.25) is 0 Å². The Morgan fingerprint density at radius 2 is 2.04 bits per heavy atom. The topological polar surface area (TPSA) is 58.6 Å². The Morgan fingerprint density at radius 3 is 2.67 bits per heavy atom. The zero-order valence-corrected chi connectivity index (χ0v) is 14.9. The first-order chi connectivity index (χ1) is 11.5. The number of aryl methyl sites for hydroxylation is 1. The van der Waals surface area contributed by atoms with Gasteiger partial charge in [0.2, 0.25) is 11.8 Å². The number of carbonyl (C=O) groups excluding carboxylic acids is 2. The molecule has 0 radical (unpaired) electrons. The number of hydrogen-bond donors (Lipinski definition) is 1. The van der Waals surface area contributed by atoms with Crippen molar-refractivity contribution in [3.63, 3.8) is 0 Å². The predicted octanol–water partition coefficient (Wildman–Crippen LogP) is 2.53. The summed E-state index contributed by atoms with van der Waals surface area (Å²) in [4.78, 5) is 26.2. The molecule has 24 heavy (non-hydrogen) atoms. The number of nitrogens with one attached hydrogen (secondary N) is 1. The zero-order valence-electron chi connectivity index (χ0n) is 14.9. The van der Waals surface area contributed by atoms with Crippen LogP contribution in [-0.4, -0.2) is 37.6 Å². The van der Waals surface area contributed by atoms with E-state index in [2.05, 4.69) is 12.2 Å². The summed E-state index contributed by atoms with van der Waals surface area (Å²) in [5.41, 5.74) is 2.11. The minimum Gasteiger partial charge on any atom is -0.379 e. The molecule has 0 aliphatic carbocycles. The fourth-order valence-electron chi connectivity index (χ4n) is 2.79. The van der Waals surface area contributed by atoms with Crippen molar-refractivity contribution in [2.45, 2.75) is 46.1 Å². The van der Waals surface area contributed by atoms with Gasteiger partial charge in [-0.05, 0) is 44.4 Å². The Bertz CT molecular complexity index is 554. The van der Waals surface area contributed by atoms with Crippen LogP contribution in [0.15, 0.2) is 24.3 Å². The first-order valence-corrected chi connectivity index (χ1v) is 8.80. The predicted molar refractivity (Wildman–Crippen MR) is 95.0 cm³/mol. The van der Waals surface area contributed by atoms with Gasteiger partial charge in [0.15, 0.2) is 0 Å². The molecule has 1 saturated heterocycles. The number of hydrogen-bond acceptors (Lipinski definition) is 3. The number of benzene rings is 1. The lowest BCUT2D eigenvalue weighted by Crippen LogP contribution is -2.34.